The third-order valence-corrected chi connectivity index (χ3v) is 6.24. The number of hydrogen-bond donors (Lipinski definition) is 1. The SMILES string of the molecule is CC(C)NC(=O)[C@@H](Cc1ccccc1)N(Cc1ccccc1)C(=O)CCSc1ccccc1. The van der Waals surface area contributed by atoms with Crippen LogP contribution in [0.25, 0.3) is 0 Å². The van der Waals surface area contributed by atoms with Crippen molar-refractivity contribution in [2.24, 2.45) is 0 Å². The third kappa shape index (κ3) is 8.10. The van der Waals surface area contributed by atoms with Crippen molar-refractivity contribution in [1.82, 2.24) is 10.2 Å². The van der Waals surface area contributed by atoms with E-state index in [0.717, 1.165) is 16.0 Å². The Balaban J connectivity index is 1.82. The molecule has 0 fully saturated rings. The Labute approximate surface area is 201 Å². The van der Waals surface area contributed by atoms with Crippen LogP contribution in [0.2, 0.25) is 0 Å². The lowest BCUT2D eigenvalue weighted by molar-refractivity contribution is -0.141. The van der Waals surface area contributed by atoms with Gasteiger partial charge in [0.1, 0.15) is 6.04 Å². The molecule has 4 nitrogen and oxygen atoms in total. The number of carbonyl (C=O) groups excluding carboxylic acids is 2. The molecule has 3 aromatic carbocycles. The van der Waals surface area contributed by atoms with Gasteiger partial charge in [0.25, 0.3) is 0 Å². The fraction of sp³-hybridized carbons (Fsp3) is 0.286. The molecule has 0 spiro atoms. The van der Waals surface area contributed by atoms with Crippen LogP contribution in [0.5, 0.6) is 0 Å². The summed E-state index contributed by atoms with van der Waals surface area (Å²) in [5, 5.41) is 3.03. The lowest BCUT2D eigenvalue weighted by atomic mass is 10.0. The molecule has 0 aliphatic heterocycles. The van der Waals surface area contributed by atoms with Crippen molar-refractivity contribution in [3.8, 4) is 0 Å². The normalized spacial score (nSPS) is 11.7. The van der Waals surface area contributed by atoms with E-state index in [1.54, 1.807) is 16.7 Å². The van der Waals surface area contributed by atoms with Gasteiger partial charge in [-0.1, -0.05) is 78.9 Å². The zero-order valence-corrected chi connectivity index (χ0v) is 20.1. The summed E-state index contributed by atoms with van der Waals surface area (Å²) in [6.07, 6.45) is 0.844. The van der Waals surface area contributed by atoms with Crippen LogP contribution in [0.15, 0.2) is 95.9 Å². The van der Waals surface area contributed by atoms with Crippen molar-refractivity contribution in [3.63, 3.8) is 0 Å². The quantitative estimate of drug-likeness (QED) is 0.393. The van der Waals surface area contributed by atoms with E-state index in [1.807, 2.05) is 105 Å². The predicted molar refractivity (Wildman–Crippen MR) is 136 cm³/mol. The highest BCUT2D eigenvalue weighted by molar-refractivity contribution is 7.99. The highest BCUT2D eigenvalue weighted by Gasteiger charge is 2.30. The topological polar surface area (TPSA) is 49.4 Å². The summed E-state index contributed by atoms with van der Waals surface area (Å²) in [4.78, 5) is 29.7. The van der Waals surface area contributed by atoms with Gasteiger partial charge in [0.2, 0.25) is 11.8 Å². The maximum Gasteiger partial charge on any atom is 0.243 e. The van der Waals surface area contributed by atoms with E-state index < -0.39 is 6.04 Å². The highest BCUT2D eigenvalue weighted by Crippen LogP contribution is 2.20. The van der Waals surface area contributed by atoms with E-state index >= 15 is 0 Å². The molecular weight excluding hydrogens is 428 g/mol. The predicted octanol–water partition coefficient (Wildman–Crippen LogP) is 5.33. The second-order valence-electron chi connectivity index (χ2n) is 8.29. The number of nitrogens with one attached hydrogen (secondary N) is 1. The van der Waals surface area contributed by atoms with E-state index in [9.17, 15) is 9.59 Å². The van der Waals surface area contributed by atoms with Crippen molar-refractivity contribution >= 4 is 23.6 Å². The number of rotatable bonds is 11. The molecule has 0 heterocycles. The molecule has 2 amide bonds. The Kier molecular flexibility index (Phi) is 9.58. The number of thioether (sulfide) groups is 1. The molecule has 0 saturated carbocycles. The molecular formula is C28H32N2O2S. The van der Waals surface area contributed by atoms with Crippen molar-refractivity contribution in [2.45, 2.75) is 50.2 Å². The summed E-state index contributed by atoms with van der Waals surface area (Å²) in [6, 6.07) is 29.3. The second kappa shape index (κ2) is 12.9. The Hall–Kier alpha value is -3.05. The van der Waals surface area contributed by atoms with Gasteiger partial charge in [0, 0.05) is 36.1 Å². The number of hydrogen-bond acceptors (Lipinski definition) is 3. The number of nitrogens with zero attached hydrogens (tertiary/aromatic N) is 1. The number of benzene rings is 3. The monoisotopic (exact) mass is 460 g/mol. The standard InChI is InChI=1S/C28H32N2O2S/c1-22(2)29-28(32)26(20-23-12-6-3-7-13-23)30(21-24-14-8-4-9-15-24)27(31)18-19-33-25-16-10-5-11-17-25/h3-17,22,26H,18-21H2,1-2H3,(H,29,32)/t26-/m1/s1. The Morgan fingerprint density at radius 1 is 0.818 bits per heavy atom. The molecule has 0 bridgehead atoms. The smallest absolute Gasteiger partial charge is 0.243 e. The first-order valence-corrected chi connectivity index (χ1v) is 12.4. The molecule has 0 saturated heterocycles. The maximum absolute atomic E-state index is 13.5. The minimum atomic E-state index is -0.579. The first kappa shape index (κ1) is 24.6. The third-order valence-electron chi connectivity index (χ3n) is 5.23. The van der Waals surface area contributed by atoms with Crippen molar-refractivity contribution < 1.29 is 9.59 Å². The van der Waals surface area contributed by atoms with Crippen LogP contribution < -0.4 is 5.32 Å². The summed E-state index contributed by atoms with van der Waals surface area (Å²) in [5.74, 6) is 0.536. The molecule has 33 heavy (non-hydrogen) atoms. The molecule has 0 aromatic heterocycles. The maximum atomic E-state index is 13.5. The van der Waals surface area contributed by atoms with E-state index in [4.69, 9.17) is 0 Å². The first-order chi connectivity index (χ1) is 16.0. The van der Waals surface area contributed by atoms with Gasteiger partial charge in [0.05, 0.1) is 0 Å². The minimum absolute atomic E-state index is 0.00177. The van der Waals surface area contributed by atoms with Crippen LogP contribution in [0.1, 0.15) is 31.4 Å². The molecule has 0 aliphatic rings. The van der Waals surface area contributed by atoms with Gasteiger partial charge in [-0.2, -0.15) is 0 Å². The summed E-state index contributed by atoms with van der Waals surface area (Å²) in [7, 11) is 0. The molecule has 3 aromatic rings. The highest BCUT2D eigenvalue weighted by atomic mass is 32.2. The van der Waals surface area contributed by atoms with E-state index in [2.05, 4.69) is 5.32 Å². The van der Waals surface area contributed by atoms with Gasteiger partial charge in [-0.05, 0) is 37.1 Å². The summed E-state index contributed by atoms with van der Waals surface area (Å²) < 4.78 is 0. The molecule has 5 heteroatoms. The average Bonchev–Trinajstić information content (AvgIpc) is 2.83. The van der Waals surface area contributed by atoms with Crippen LogP contribution in [0.4, 0.5) is 0 Å². The fourth-order valence-electron chi connectivity index (χ4n) is 3.63. The largest absolute Gasteiger partial charge is 0.352 e. The minimum Gasteiger partial charge on any atom is -0.352 e. The van der Waals surface area contributed by atoms with Gasteiger partial charge < -0.3 is 10.2 Å². The Morgan fingerprint density at radius 3 is 1.94 bits per heavy atom. The number of amides is 2. The van der Waals surface area contributed by atoms with Crippen molar-refractivity contribution in [1.29, 1.82) is 0 Å². The molecule has 172 valence electrons. The van der Waals surface area contributed by atoms with Crippen molar-refractivity contribution in [3.05, 3.63) is 102 Å². The summed E-state index contributed by atoms with van der Waals surface area (Å²) in [5.41, 5.74) is 2.04. The van der Waals surface area contributed by atoms with Gasteiger partial charge in [0.15, 0.2) is 0 Å². The Bertz CT molecular complexity index is 994. The van der Waals surface area contributed by atoms with Crippen LogP contribution >= 0.6 is 11.8 Å². The lowest BCUT2D eigenvalue weighted by Gasteiger charge is -2.32. The van der Waals surface area contributed by atoms with Crippen molar-refractivity contribution in [2.75, 3.05) is 5.75 Å². The zero-order chi connectivity index (χ0) is 23.5. The second-order valence-corrected chi connectivity index (χ2v) is 9.46. The zero-order valence-electron chi connectivity index (χ0n) is 19.3. The Morgan fingerprint density at radius 2 is 1.36 bits per heavy atom. The van der Waals surface area contributed by atoms with E-state index in [-0.39, 0.29) is 17.9 Å². The van der Waals surface area contributed by atoms with Crippen LogP contribution in [-0.2, 0) is 22.6 Å². The number of carbonyl (C=O) groups is 2. The average molecular weight is 461 g/mol. The first-order valence-electron chi connectivity index (χ1n) is 11.4. The van der Waals surface area contributed by atoms with Gasteiger partial charge in [-0.25, -0.2) is 0 Å². The summed E-state index contributed by atoms with van der Waals surface area (Å²) >= 11 is 1.66. The van der Waals surface area contributed by atoms with Crippen LogP contribution in [0.3, 0.4) is 0 Å². The van der Waals surface area contributed by atoms with E-state index in [0.29, 0.717) is 25.1 Å². The van der Waals surface area contributed by atoms with Gasteiger partial charge in [-0.15, -0.1) is 11.8 Å². The molecule has 1 atom stereocenters. The molecule has 0 aliphatic carbocycles. The van der Waals surface area contributed by atoms with Crippen LogP contribution in [0, 0.1) is 0 Å². The van der Waals surface area contributed by atoms with E-state index in [1.165, 1.54) is 0 Å². The molecule has 1 N–H and O–H groups in total. The summed E-state index contributed by atoms with van der Waals surface area (Å²) in [6.45, 7) is 4.29. The van der Waals surface area contributed by atoms with Crippen LogP contribution in [-0.4, -0.2) is 34.6 Å². The molecule has 3 rings (SSSR count). The molecule has 0 radical (unpaired) electrons. The van der Waals surface area contributed by atoms with Gasteiger partial charge in [-0.3, -0.25) is 9.59 Å². The lowest BCUT2D eigenvalue weighted by Crippen LogP contribution is -2.51. The molecule has 0 unspecified atom stereocenters. The fourth-order valence-corrected chi connectivity index (χ4v) is 4.49. The van der Waals surface area contributed by atoms with Gasteiger partial charge >= 0.3 is 0 Å².